The van der Waals surface area contributed by atoms with Crippen LogP contribution in [0.1, 0.15) is 29.9 Å². The Morgan fingerprint density at radius 3 is 1.81 bits per heavy atom. The van der Waals surface area contributed by atoms with E-state index in [1.165, 1.54) is 12.1 Å². The molecule has 0 aliphatic heterocycles. The first-order valence-corrected chi connectivity index (χ1v) is 7.38. The van der Waals surface area contributed by atoms with Crippen LogP contribution in [0, 0.1) is 0 Å². The van der Waals surface area contributed by atoms with Gasteiger partial charge in [-0.2, -0.15) is 0 Å². The van der Waals surface area contributed by atoms with Crippen LogP contribution < -0.4 is 9.47 Å². The highest BCUT2D eigenvalue weighted by Crippen LogP contribution is 2.27. The third kappa shape index (κ3) is 5.74. The zero-order chi connectivity index (χ0) is 27.4. The third-order valence-corrected chi connectivity index (χ3v) is 3.21. The second kappa shape index (κ2) is 9.24. The van der Waals surface area contributed by atoms with Crippen molar-refractivity contribution in [3.05, 3.63) is 59.6 Å². The van der Waals surface area contributed by atoms with Crippen LogP contribution in [-0.2, 0) is 9.59 Å². The normalized spacial score (nSPS) is 18.7. The lowest BCUT2D eigenvalue weighted by Crippen LogP contribution is -2.01. The Balaban J connectivity index is 2.23. The minimum absolute atomic E-state index is 0.0672. The lowest BCUT2D eigenvalue weighted by atomic mass is 10.1. The summed E-state index contributed by atoms with van der Waals surface area (Å²) < 4.78 is 75.5. The molecule has 0 aliphatic rings. The molecule has 0 amide bonds. The summed E-state index contributed by atoms with van der Waals surface area (Å²) in [5.74, 6) is -4.40. The van der Waals surface area contributed by atoms with Crippen molar-refractivity contribution in [3.8, 4) is 23.0 Å². The molecule has 0 aromatic heterocycles. The van der Waals surface area contributed by atoms with Gasteiger partial charge < -0.3 is 19.7 Å². The van der Waals surface area contributed by atoms with Gasteiger partial charge in [-0.15, -0.1) is 0 Å². The average Bonchev–Trinajstić information content (AvgIpc) is 2.74. The predicted molar refractivity (Wildman–Crippen MR) is 102 cm³/mol. The molecule has 2 aromatic rings. The van der Waals surface area contributed by atoms with Crippen LogP contribution in [0.5, 0.6) is 23.0 Å². The fourth-order valence-corrected chi connectivity index (χ4v) is 1.92. The molecule has 0 bridgehead atoms. The molecule has 0 saturated heterocycles. The number of phenols is 2. The molecular formula is C21H20O6. The van der Waals surface area contributed by atoms with Gasteiger partial charge in [-0.3, -0.25) is 9.59 Å². The van der Waals surface area contributed by atoms with Crippen molar-refractivity contribution in [2.45, 2.75) is 6.40 Å². The third-order valence-electron chi connectivity index (χ3n) is 3.21. The molecule has 140 valence electrons. The van der Waals surface area contributed by atoms with E-state index in [0.717, 1.165) is 36.4 Å². The number of allylic oxidation sites excluding steroid dienone is 2. The molecule has 0 unspecified atom stereocenters. The van der Waals surface area contributed by atoms with Gasteiger partial charge in [0, 0.05) is 1.37 Å². The Labute approximate surface area is 169 Å². The van der Waals surface area contributed by atoms with Gasteiger partial charge >= 0.3 is 0 Å². The van der Waals surface area contributed by atoms with Gasteiger partial charge in [-0.25, -0.2) is 0 Å². The van der Waals surface area contributed by atoms with Crippen LogP contribution in [-0.4, -0.2) is 35.9 Å². The maximum absolute atomic E-state index is 12.4. The first-order chi connectivity index (χ1) is 16.5. The molecule has 2 rings (SSSR count). The van der Waals surface area contributed by atoms with Gasteiger partial charge in [-0.05, 0) is 47.5 Å². The fraction of sp³-hybridized carbons (Fsp3) is 0.143. The summed E-state index contributed by atoms with van der Waals surface area (Å²) in [6, 6.07) is 5.10. The minimum Gasteiger partial charge on any atom is -0.504 e. The largest absolute Gasteiger partial charge is 0.504 e. The smallest absolute Gasteiger partial charge is 0.163 e. The molecule has 0 saturated carbocycles. The van der Waals surface area contributed by atoms with E-state index in [1.807, 2.05) is 0 Å². The molecule has 0 atom stereocenters. The van der Waals surface area contributed by atoms with E-state index in [0.29, 0.717) is 0 Å². The van der Waals surface area contributed by atoms with Crippen LogP contribution in [0.2, 0.25) is 0 Å². The minimum atomic E-state index is -2.87. The van der Waals surface area contributed by atoms with Crippen LogP contribution in [0.3, 0.4) is 0 Å². The van der Waals surface area contributed by atoms with Crippen LogP contribution in [0.4, 0.5) is 0 Å². The molecule has 0 fully saturated rings. The quantitative estimate of drug-likeness (QED) is 0.541. The summed E-state index contributed by atoms with van der Waals surface area (Å²) in [5.41, 5.74) is 0.134. The van der Waals surface area contributed by atoms with E-state index in [9.17, 15) is 19.8 Å². The predicted octanol–water partition coefficient (Wildman–Crippen LogP) is 3.37. The van der Waals surface area contributed by atoms with Gasteiger partial charge in [-0.1, -0.05) is 24.3 Å². The summed E-state index contributed by atoms with van der Waals surface area (Å²) in [6.45, 7) is 0. The van der Waals surface area contributed by atoms with Crippen molar-refractivity contribution in [2.75, 3.05) is 14.1 Å². The topological polar surface area (TPSA) is 93.1 Å². The van der Waals surface area contributed by atoms with E-state index in [4.69, 9.17) is 12.3 Å². The molecule has 0 heterocycles. The lowest BCUT2D eigenvalue weighted by Gasteiger charge is -2.03. The molecule has 27 heavy (non-hydrogen) atoms. The van der Waals surface area contributed by atoms with Crippen molar-refractivity contribution >= 4 is 23.7 Å². The number of methoxy groups -OCH3 is 2. The van der Waals surface area contributed by atoms with Gasteiger partial charge in [0.25, 0.3) is 0 Å². The SMILES string of the molecule is [2H]/C(=C\c1ccc(O)c(OC([2H])([2H])[2H])c1)C(=O)C([2H])C(=O)/C([2H])=C/c1ccc(O)c(OC([2H])([2H])[2H])c1. The summed E-state index contributed by atoms with van der Waals surface area (Å²) >= 11 is 0. The Kier molecular flexibility index (Phi) is 3.62. The maximum atomic E-state index is 12.4. The molecule has 6 nitrogen and oxygen atoms in total. The highest BCUT2D eigenvalue weighted by molar-refractivity contribution is 6.10. The summed E-state index contributed by atoms with van der Waals surface area (Å²) in [5, 5.41) is 19.4. The number of hydrogen-bond acceptors (Lipinski definition) is 6. The Hall–Kier alpha value is -3.54. The molecular weight excluding hydrogens is 348 g/mol. The van der Waals surface area contributed by atoms with E-state index in [-0.39, 0.29) is 11.1 Å². The zero-order valence-corrected chi connectivity index (χ0v) is 13.7. The van der Waals surface area contributed by atoms with Crippen molar-refractivity contribution in [1.82, 2.24) is 0 Å². The number of benzene rings is 2. The first kappa shape index (κ1) is 10.6. The monoisotopic (exact) mass is 377 g/mol. The van der Waals surface area contributed by atoms with E-state index in [1.54, 1.807) is 0 Å². The van der Waals surface area contributed by atoms with Crippen molar-refractivity contribution in [2.24, 2.45) is 0 Å². The van der Waals surface area contributed by atoms with Crippen molar-refractivity contribution in [3.63, 3.8) is 0 Å². The average molecular weight is 377 g/mol. The number of carbonyl (C=O) groups excluding carboxylic acids is 2. The highest BCUT2D eigenvalue weighted by atomic mass is 16.5. The Bertz CT molecular complexity index is 1120. The maximum Gasteiger partial charge on any atom is 0.163 e. The molecule has 2 aromatic carbocycles. The second-order valence-electron chi connectivity index (χ2n) is 5.11. The number of rotatable bonds is 8. The zero-order valence-electron chi connectivity index (χ0n) is 22.7. The van der Waals surface area contributed by atoms with Crippen LogP contribution >= 0.6 is 0 Å². The van der Waals surface area contributed by atoms with Gasteiger partial charge in [0.1, 0.15) is 0 Å². The number of carbonyl (C=O) groups is 2. The van der Waals surface area contributed by atoms with Crippen LogP contribution in [0.15, 0.2) is 48.5 Å². The molecule has 0 aliphatic carbocycles. The fourth-order valence-electron chi connectivity index (χ4n) is 1.92. The number of aromatic hydroxyl groups is 2. The molecule has 0 radical (unpaired) electrons. The molecule has 6 heteroatoms. The standard InChI is InChI=1S/C21H20O6/c1-26-20-11-14(5-9-18(20)24)3-7-16(22)13-17(23)8-4-15-6-10-19(25)21(12-15)27-2/h3-12,24-25H,13H2,1-2H3/b7-3+,8-4+/i1D3,2D3,7D,8D,13D. The number of phenolic OH excluding ortho intramolecular Hbond substituents is 2. The van der Waals surface area contributed by atoms with Gasteiger partial charge in [0.05, 0.1) is 31.4 Å². The summed E-state index contributed by atoms with van der Waals surface area (Å²) in [4.78, 5) is 24.8. The first-order valence-electron chi connectivity index (χ1n) is 12.0. The van der Waals surface area contributed by atoms with Crippen molar-refractivity contribution < 1.29 is 41.6 Å². The number of ether oxygens (including phenoxy) is 2. The van der Waals surface area contributed by atoms with Gasteiger partial charge in [0.15, 0.2) is 34.6 Å². The summed E-state index contributed by atoms with van der Waals surface area (Å²) in [6.07, 6.45) is -0.327. The second-order valence-corrected chi connectivity index (χ2v) is 5.11. The van der Waals surface area contributed by atoms with E-state index >= 15 is 0 Å². The number of ketones is 2. The van der Waals surface area contributed by atoms with E-state index < -0.39 is 67.1 Å². The van der Waals surface area contributed by atoms with Crippen molar-refractivity contribution in [1.29, 1.82) is 0 Å². The Morgan fingerprint density at radius 1 is 0.963 bits per heavy atom. The molecule has 2 N–H and O–H groups in total. The highest BCUT2D eigenvalue weighted by Gasteiger charge is 2.06. The van der Waals surface area contributed by atoms with Crippen LogP contribution in [0.25, 0.3) is 12.2 Å². The summed E-state index contributed by atoms with van der Waals surface area (Å²) in [7, 11) is -5.74. The lowest BCUT2D eigenvalue weighted by molar-refractivity contribution is -0.121. The number of hydrogen-bond donors (Lipinski definition) is 2. The molecule has 0 spiro atoms. The van der Waals surface area contributed by atoms with Gasteiger partial charge in [0.2, 0.25) is 0 Å². The van der Waals surface area contributed by atoms with E-state index in [2.05, 4.69) is 9.47 Å². The Morgan fingerprint density at radius 2 is 1.41 bits per heavy atom.